The zero-order valence-corrected chi connectivity index (χ0v) is 21.7. The summed E-state index contributed by atoms with van der Waals surface area (Å²) in [4.78, 5) is 22.6. The van der Waals surface area contributed by atoms with Crippen molar-refractivity contribution in [3.8, 4) is 5.75 Å². The lowest BCUT2D eigenvalue weighted by Gasteiger charge is -2.19. The van der Waals surface area contributed by atoms with E-state index in [9.17, 15) is 9.59 Å². The molecule has 0 bridgehead atoms. The van der Waals surface area contributed by atoms with Crippen LogP contribution < -0.4 is 4.74 Å². The number of aliphatic carboxylic acids is 1. The van der Waals surface area contributed by atoms with Crippen LogP contribution in [0.3, 0.4) is 0 Å². The largest absolute Gasteiger partial charge is 0.481 e. The van der Waals surface area contributed by atoms with Gasteiger partial charge in [0, 0.05) is 6.42 Å². The smallest absolute Gasteiger partial charge is 0.313 e. The van der Waals surface area contributed by atoms with Crippen molar-refractivity contribution in [1.29, 1.82) is 0 Å². The Hall–Kier alpha value is -1.84. The Bertz CT molecular complexity index is 680. The number of carbonyl (C=O) groups excluding carboxylic acids is 1. The molecule has 0 aromatic heterocycles. The second-order valence-electron chi connectivity index (χ2n) is 9.91. The maximum Gasteiger partial charge on any atom is 0.313 e. The number of carbonyl (C=O) groups is 2. The molecule has 1 atom stereocenters. The molecule has 0 spiro atoms. The third-order valence-electron chi connectivity index (χ3n) is 6.45. The number of aryl methyl sites for hydroxylation is 1. The average Bonchev–Trinajstić information content (AvgIpc) is 2.77. The molecular weight excluding hydrogens is 412 g/mol. The Labute approximate surface area is 202 Å². The van der Waals surface area contributed by atoms with Gasteiger partial charge in [-0.15, -0.1) is 0 Å². The summed E-state index contributed by atoms with van der Waals surface area (Å²) >= 11 is 0. The SMILES string of the molecule is CCCCCCCCCC(CCCCCCCC(=O)O)c1ccc(OC(=O)C(C)C)c(C)c1. The summed E-state index contributed by atoms with van der Waals surface area (Å²) in [5, 5.41) is 8.77. The highest BCUT2D eigenvalue weighted by atomic mass is 16.5. The van der Waals surface area contributed by atoms with Gasteiger partial charge in [-0.2, -0.15) is 0 Å². The van der Waals surface area contributed by atoms with Gasteiger partial charge in [-0.25, -0.2) is 0 Å². The van der Waals surface area contributed by atoms with Crippen LogP contribution in [0.15, 0.2) is 18.2 Å². The molecule has 0 heterocycles. The molecule has 1 unspecified atom stereocenters. The van der Waals surface area contributed by atoms with Gasteiger partial charge in [0.15, 0.2) is 0 Å². The first kappa shape index (κ1) is 29.2. The normalized spacial score (nSPS) is 12.2. The third-order valence-corrected chi connectivity index (χ3v) is 6.45. The third kappa shape index (κ3) is 13.5. The van der Waals surface area contributed by atoms with Gasteiger partial charge >= 0.3 is 11.9 Å². The lowest BCUT2D eigenvalue weighted by molar-refractivity contribution is -0.138. The molecule has 1 aromatic carbocycles. The van der Waals surface area contributed by atoms with Gasteiger partial charge in [-0.1, -0.05) is 104 Å². The second kappa shape index (κ2) is 17.6. The summed E-state index contributed by atoms with van der Waals surface area (Å²) in [7, 11) is 0. The van der Waals surface area contributed by atoms with E-state index in [1.807, 2.05) is 26.8 Å². The molecule has 0 saturated carbocycles. The van der Waals surface area contributed by atoms with Crippen molar-refractivity contribution in [2.75, 3.05) is 0 Å². The van der Waals surface area contributed by atoms with Gasteiger partial charge < -0.3 is 9.84 Å². The monoisotopic (exact) mass is 460 g/mol. The number of hydrogen-bond donors (Lipinski definition) is 1. The number of rotatable bonds is 19. The predicted molar refractivity (Wildman–Crippen MR) is 137 cm³/mol. The van der Waals surface area contributed by atoms with Crippen LogP contribution in [0.5, 0.6) is 5.75 Å². The van der Waals surface area contributed by atoms with Crippen molar-refractivity contribution in [3.05, 3.63) is 29.3 Å². The van der Waals surface area contributed by atoms with Crippen molar-refractivity contribution in [3.63, 3.8) is 0 Å². The second-order valence-corrected chi connectivity index (χ2v) is 9.91. The minimum atomic E-state index is -0.692. The fraction of sp³-hybridized carbons (Fsp3) is 0.724. The van der Waals surface area contributed by atoms with E-state index in [4.69, 9.17) is 9.84 Å². The highest BCUT2D eigenvalue weighted by Crippen LogP contribution is 2.32. The number of carboxylic acid groups (broad SMARTS) is 1. The zero-order chi connectivity index (χ0) is 24.5. The standard InChI is InChI=1S/C29H48O4/c1-5-6-7-8-9-11-14-17-25(18-15-12-10-13-16-19-28(30)31)26-20-21-27(24(4)22-26)33-29(32)23(2)3/h20-23,25H,5-19H2,1-4H3,(H,30,31). The summed E-state index contributed by atoms with van der Waals surface area (Å²) in [5.41, 5.74) is 2.38. The Balaban J connectivity index is 2.61. The van der Waals surface area contributed by atoms with E-state index >= 15 is 0 Å². The van der Waals surface area contributed by atoms with E-state index < -0.39 is 5.97 Å². The minimum Gasteiger partial charge on any atom is -0.481 e. The quantitative estimate of drug-likeness (QED) is 0.127. The molecule has 1 rings (SSSR count). The molecule has 4 nitrogen and oxygen atoms in total. The van der Waals surface area contributed by atoms with Crippen LogP contribution in [0.2, 0.25) is 0 Å². The zero-order valence-electron chi connectivity index (χ0n) is 21.7. The Morgan fingerprint density at radius 2 is 1.39 bits per heavy atom. The van der Waals surface area contributed by atoms with Crippen LogP contribution in [-0.2, 0) is 9.59 Å². The number of benzene rings is 1. The summed E-state index contributed by atoms with van der Waals surface area (Å²) in [6.07, 6.45) is 17.1. The molecule has 0 aliphatic heterocycles. The number of unbranched alkanes of at least 4 members (excludes halogenated alkanes) is 10. The van der Waals surface area contributed by atoms with Crippen molar-refractivity contribution in [1.82, 2.24) is 0 Å². The fourth-order valence-corrected chi connectivity index (χ4v) is 4.29. The van der Waals surface area contributed by atoms with Crippen molar-refractivity contribution in [2.24, 2.45) is 5.92 Å². The molecule has 0 fully saturated rings. The lowest BCUT2D eigenvalue weighted by atomic mass is 9.87. The van der Waals surface area contributed by atoms with Gasteiger partial charge in [0.05, 0.1) is 5.92 Å². The van der Waals surface area contributed by atoms with Crippen molar-refractivity contribution < 1.29 is 19.4 Å². The van der Waals surface area contributed by atoms with E-state index in [0.29, 0.717) is 11.7 Å². The first-order valence-electron chi connectivity index (χ1n) is 13.4. The van der Waals surface area contributed by atoms with Crippen LogP contribution in [0.25, 0.3) is 0 Å². The fourth-order valence-electron chi connectivity index (χ4n) is 4.29. The van der Waals surface area contributed by atoms with E-state index in [-0.39, 0.29) is 18.3 Å². The Kier molecular flexibility index (Phi) is 15.6. The molecule has 0 saturated heterocycles. The van der Waals surface area contributed by atoms with E-state index in [1.165, 1.54) is 69.8 Å². The first-order chi connectivity index (χ1) is 15.8. The lowest BCUT2D eigenvalue weighted by Crippen LogP contribution is -2.15. The number of hydrogen-bond acceptors (Lipinski definition) is 3. The molecule has 0 aliphatic rings. The van der Waals surface area contributed by atoms with Crippen LogP contribution in [0.1, 0.15) is 134 Å². The van der Waals surface area contributed by atoms with E-state index in [2.05, 4.69) is 19.1 Å². The highest BCUT2D eigenvalue weighted by Gasteiger charge is 2.15. The minimum absolute atomic E-state index is 0.135. The summed E-state index contributed by atoms with van der Waals surface area (Å²) in [5.74, 6) is 0.194. The van der Waals surface area contributed by atoms with Gasteiger partial charge in [0.25, 0.3) is 0 Å². The van der Waals surface area contributed by atoms with Crippen molar-refractivity contribution >= 4 is 11.9 Å². The highest BCUT2D eigenvalue weighted by molar-refractivity contribution is 5.74. The summed E-state index contributed by atoms with van der Waals surface area (Å²) in [6, 6.07) is 6.32. The molecule has 33 heavy (non-hydrogen) atoms. The average molecular weight is 461 g/mol. The maximum atomic E-state index is 12.0. The van der Waals surface area contributed by atoms with Gasteiger partial charge in [0.1, 0.15) is 5.75 Å². The van der Waals surface area contributed by atoms with Gasteiger partial charge in [0.2, 0.25) is 0 Å². The van der Waals surface area contributed by atoms with Crippen LogP contribution in [-0.4, -0.2) is 17.0 Å². The number of carboxylic acids is 1. The summed E-state index contributed by atoms with van der Waals surface area (Å²) < 4.78 is 5.56. The number of ether oxygens (including phenoxy) is 1. The maximum absolute atomic E-state index is 12.0. The molecule has 0 aliphatic carbocycles. The van der Waals surface area contributed by atoms with Crippen molar-refractivity contribution in [2.45, 2.75) is 130 Å². The Morgan fingerprint density at radius 3 is 1.91 bits per heavy atom. The molecule has 0 radical (unpaired) electrons. The van der Waals surface area contributed by atoms with Gasteiger partial charge in [-0.05, 0) is 49.3 Å². The molecule has 1 N–H and O–H groups in total. The molecular formula is C29H48O4. The predicted octanol–water partition coefficient (Wildman–Crippen LogP) is 8.60. The summed E-state index contributed by atoms with van der Waals surface area (Å²) in [6.45, 7) is 7.99. The van der Waals surface area contributed by atoms with Gasteiger partial charge in [-0.3, -0.25) is 9.59 Å². The molecule has 0 amide bonds. The van der Waals surface area contributed by atoms with E-state index in [0.717, 1.165) is 31.2 Å². The number of esters is 1. The molecule has 4 heteroatoms. The first-order valence-corrected chi connectivity index (χ1v) is 13.4. The van der Waals surface area contributed by atoms with Crippen LogP contribution in [0.4, 0.5) is 0 Å². The molecule has 188 valence electrons. The molecule has 1 aromatic rings. The Morgan fingerprint density at radius 1 is 0.848 bits per heavy atom. The van der Waals surface area contributed by atoms with E-state index in [1.54, 1.807) is 0 Å². The van der Waals surface area contributed by atoms with Crippen LogP contribution >= 0.6 is 0 Å². The van der Waals surface area contributed by atoms with Crippen LogP contribution in [0, 0.1) is 12.8 Å². The topological polar surface area (TPSA) is 63.6 Å².